The highest BCUT2D eigenvalue weighted by Crippen LogP contribution is 2.30. The number of benzene rings is 2. The van der Waals surface area contributed by atoms with Gasteiger partial charge in [-0.1, -0.05) is 23.9 Å². The number of halogens is 4. The Bertz CT molecular complexity index is 986. The number of carbonyl (C=O) groups excluding carboxylic acids is 1. The van der Waals surface area contributed by atoms with Gasteiger partial charge < -0.3 is 9.88 Å². The summed E-state index contributed by atoms with van der Waals surface area (Å²) in [6.07, 6.45) is -4.43. The smallest absolute Gasteiger partial charge is 0.325 e. The summed E-state index contributed by atoms with van der Waals surface area (Å²) in [5.74, 6) is -0.369. The number of carbonyl (C=O) groups is 1. The Balaban J connectivity index is 1.61. The molecule has 0 spiro atoms. The van der Waals surface area contributed by atoms with Crippen molar-refractivity contribution in [2.75, 3.05) is 11.1 Å². The standard InChI is InChI=1S/C18H14F4N4OS/c1-26-16(11-3-2-4-13(19)9-11)24-25-17(26)28-10-15(27)23-14-7-5-12(6-8-14)18(20,21)22/h2-9H,10H2,1H3,(H,23,27). The molecular formula is C18H14F4N4OS. The van der Waals surface area contributed by atoms with Crippen LogP contribution in [0, 0.1) is 5.82 Å². The van der Waals surface area contributed by atoms with Crippen LogP contribution in [0.25, 0.3) is 11.4 Å². The molecular weight excluding hydrogens is 396 g/mol. The lowest BCUT2D eigenvalue weighted by Crippen LogP contribution is -2.14. The van der Waals surface area contributed by atoms with Crippen LogP contribution in [0.4, 0.5) is 23.2 Å². The fraction of sp³-hybridized carbons (Fsp3) is 0.167. The van der Waals surface area contributed by atoms with E-state index < -0.39 is 23.5 Å². The van der Waals surface area contributed by atoms with Gasteiger partial charge in [0.25, 0.3) is 0 Å². The number of hydrogen-bond donors (Lipinski definition) is 1. The lowest BCUT2D eigenvalue weighted by atomic mass is 10.2. The van der Waals surface area contributed by atoms with Crippen molar-refractivity contribution < 1.29 is 22.4 Å². The van der Waals surface area contributed by atoms with E-state index in [1.807, 2.05) is 0 Å². The Hall–Kier alpha value is -2.88. The van der Waals surface area contributed by atoms with Gasteiger partial charge in [0.1, 0.15) is 5.82 Å². The van der Waals surface area contributed by atoms with Crippen molar-refractivity contribution in [2.24, 2.45) is 7.05 Å². The van der Waals surface area contributed by atoms with Gasteiger partial charge in [0.05, 0.1) is 11.3 Å². The van der Waals surface area contributed by atoms with Crippen LogP contribution in [0.1, 0.15) is 5.56 Å². The molecule has 3 rings (SSSR count). The van der Waals surface area contributed by atoms with E-state index in [1.165, 1.54) is 24.3 Å². The molecule has 1 heterocycles. The zero-order valence-corrected chi connectivity index (χ0v) is 15.3. The van der Waals surface area contributed by atoms with Crippen LogP contribution in [0.5, 0.6) is 0 Å². The van der Waals surface area contributed by atoms with Crippen LogP contribution in [0.15, 0.2) is 53.7 Å². The van der Waals surface area contributed by atoms with Crippen LogP contribution < -0.4 is 5.32 Å². The number of alkyl halides is 3. The molecule has 0 fully saturated rings. The molecule has 10 heteroatoms. The van der Waals surface area contributed by atoms with Crippen molar-refractivity contribution in [3.05, 3.63) is 59.9 Å². The predicted molar refractivity (Wildman–Crippen MR) is 97.2 cm³/mol. The Morgan fingerprint density at radius 2 is 1.86 bits per heavy atom. The molecule has 0 aliphatic carbocycles. The number of aromatic nitrogens is 3. The average molecular weight is 410 g/mol. The normalized spacial score (nSPS) is 11.5. The first-order valence-corrected chi connectivity index (χ1v) is 8.98. The third kappa shape index (κ3) is 4.69. The van der Waals surface area contributed by atoms with Gasteiger partial charge in [0, 0.05) is 18.3 Å². The van der Waals surface area contributed by atoms with Crippen molar-refractivity contribution in [1.82, 2.24) is 14.8 Å². The number of nitrogens with one attached hydrogen (secondary N) is 1. The highest BCUT2D eigenvalue weighted by atomic mass is 32.2. The first kappa shape index (κ1) is 19.9. The van der Waals surface area contributed by atoms with E-state index in [0.717, 1.165) is 23.9 Å². The fourth-order valence-electron chi connectivity index (χ4n) is 2.39. The first-order valence-electron chi connectivity index (χ1n) is 7.99. The highest BCUT2D eigenvalue weighted by Gasteiger charge is 2.30. The van der Waals surface area contributed by atoms with Crippen LogP contribution >= 0.6 is 11.8 Å². The summed E-state index contributed by atoms with van der Waals surface area (Å²) >= 11 is 1.11. The molecule has 0 saturated carbocycles. The van der Waals surface area contributed by atoms with E-state index in [0.29, 0.717) is 16.5 Å². The maximum Gasteiger partial charge on any atom is 0.416 e. The molecule has 146 valence electrons. The summed E-state index contributed by atoms with van der Waals surface area (Å²) in [5.41, 5.74) is 0.0249. The summed E-state index contributed by atoms with van der Waals surface area (Å²) < 4.78 is 52.6. The molecule has 0 aliphatic rings. The molecule has 2 aromatic carbocycles. The van der Waals surface area contributed by atoms with E-state index in [2.05, 4.69) is 15.5 Å². The zero-order chi connectivity index (χ0) is 20.3. The molecule has 0 aliphatic heterocycles. The minimum Gasteiger partial charge on any atom is -0.325 e. The summed E-state index contributed by atoms with van der Waals surface area (Å²) in [7, 11) is 1.69. The van der Waals surface area contributed by atoms with Gasteiger partial charge in [0.15, 0.2) is 11.0 Å². The third-order valence-corrected chi connectivity index (χ3v) is 4.77. The van der Waals surface area contributed by atoms with Gasteiger partial charge in [-0.05, 0) is 36.4 Å². The second kappa shape index (κ2) is 8.01. The lowest BCUT2D eigenvalue weighted by Gasteiger charge is -2.08. The van der Waals surface area contributed by atoms with Crippen molar-refractivity contribution >= 4 is 23.4 Å². The van der Waals surface area contributed by atoms with E-state index >= 15 is 0 Å². The van der Waals surface area contributed by atoms with Crippen molar-refractivity contribution in [3.8, 4) is 11.4 Å². The number of hydrogen-bond acceptors (Lipinski definition) is 4. The molecule has 1 amide bonds. The van der Waals surface area contributed by atoms with Gasteiger partial charge >= 0.3 is 6.18 Å². The molecule has 0 atom stereocenters. The number of thioether (sulfide) groups is 1. The van der Waals surface area contributed by atoms with Gasteiger partial charge in [-0.25, -0.2) is 4.39 Å². The molecule has 5 nitrogen and oxygen atoms in total. The average Bonchev–Trinajstić information content (AvgIpc) is 3.00. The summed E-state index contributed by atoms with van der Waals surface area (Å²) in [6.45, 7) is 0. The predicted octanol–water partition coefficient (Wildman–Crippen LogP) is 4.37. The molecule has 3 aromatic rings. The largest absolute Gasteiger partial charge is 0.416 e. The van der Waals surface area contributed by atoms with Crippen LogP contribution in [-0.2, 0) is 18.0 Å². The number of rotatable bonds is 5. The van der Waals surface area contributed by atoms with Crippen LogP contribution in [0.3, 0.4) is 0 Å². The van der Waals surface area contributed by atoms with Crippen molar-refractivity contribution in [2.45, 2.75) is 11.3 Å². The molecule has 0 bridgehead atoms. The second-order valence-corrected chi connectivity index (χ2v) is 6.73. The molecule has 28 heavy (non-hydrogen) atoms. The van der Waals surface area contributed by atoms with E-state index in [1.54, 1.807) is 23.7 Å². The first-order chi connectivity index (χ1) is 13.2. The Labute approximate surface area is 161 Å². The molecule has 0 saturated heterocycles. The second-order valence-electron chi connectivity index (χ2n) is 5.79. The van der Waals surface area contributed by atoms with Crippen LogP contribution in [-0.4, -0.2) is 26.4 Å². The number of amides is 1. The number of nitrogens with zero attached hydrogens (tertiary/aromatic N) is 3. The maximum absolute atomic E-state index is 13.4. The SMILES string of the molecule is Cn1c(SCC(=O)Nc2ccc(C(F)(F)F)cc2)nnc1-c1cccc(F)c1. The fourth-order valence-corrected chi connectivity index (χ4v) is 3.10. The van der Waals surface area contributed by atoms with Crippen molar-refractivity contribution in [1.29, 1.82) is 0 Å². The van der Waals surface area contributed by atoms with Crippen LogP contribution in [0.2, 0.25) is 0 Å². The van der Waals surface area contributed by atoms with Crippen molar-refractivity contribution in [3.63, 3.8) is 0 Å². The van der Waals surface area contributed by atoms with E-state index in [9.17, 15) is 22.4 Å². The maximum atomic E-state index is 13.4. The number of anilines is 1. The Morgan fingerprint density at radius 3 is 2.50 bits per heavy atom. The van der Waals surface area contributed by atoms with Gasteiger partial charge in [-0.2, -0.15) is 13.2 Å². The lowest BCUT2D eigenvalue weighted by molar-refractivity contribution is -0.137. The highest BCUT2D eigenvalue weighted by molar-refractivity contribution is 7.99. The molecule has 0 unspecified atom stereocenters. The summed E-state index contributed by atoms with van der Waals surface area (Å²) in [4.78, 5) is 12.0. The molecule has 1 N–H and O–H groups in total. The minimum atomic E-state index is -4.43. The molecule has 0 radical (unpaired) electrons. The monoisotopic (exact) mass is 410 g/mol. The third-order valence-electron chi connectivity index (χ3n) is 3.75. The minimum absolute atomic E-state index is 0.0177. The Kier molecular flexibility index (Phi) is 5.68. The summed E-state index contributed by atoms with van der Waals surface area (Å²) in [6, 6.07) is 10.1. The van der Waals surface area contributed by atoms with Gasteiger partial charge in [0.2, 0.25) is 5.91 Å². The zero-order valence-electron chi connectivity index (χ0n) is 14.5. The van der Waals surface area contributed by atoms with E-state index in [4.69, 9.17) is 0 Å². The topological polar surface area (TPSA) is 59.8 Å². The van der Waals surface area contributed by atoms with Gasteiger partial charge in [-0.15, -0.1) is 10.2 Å². The van der Waals surface area contributed by atoms with E-state index in [-0.39, 0.29) is 11.4 Å². The Morgan fingerprint density at radius 1 is 1.14 bits per heavy atom. The summed E-state index contributed by atoms with van der Waals surface area (Å²) in [5, 5.41) is 11.0. The molecule has 1 aromatic heterocycles. The van der Waals surface area contributed by atoms with Gasteiger partial charge in [-0.3, -0.25) is 4.79 Å². The quantitative estimate of drug-likeness (QED) is 0.501.